The van der Waals surface area contributed by atoms with Crippen molar-refractivity contribution >= 4 is 11.7 Å². The van der Waals surface area contributed by atoms with Gasteiger partial charge >= 0.3 is 0 Å². The summed E-state index contributed by atoms with van der Waals surface area (Å²) < 4.78 is 5.36. The number of anilines is 1. The summed E-state index contributed by atoms with van der Waals surface area (Å²) in [6, 6.07) is 5.03. The summed E-state index contributed by atoms with van der Waals surface area (Å²) in [4.78, 5) is 15.7. The predicted molar refractivity (Wildman–Crippen MR) is 70.0 cm³/mol. The van der Waals surface area contributed by atoms with Crippen molar-refractivity contribution < 1.29 is 9.53 Å². The first-order chi connectivity index (χ1) is 8.63. The summed E-state index contributed by atoms with van der Waals surface area (Å²) in [5.41, 5.74) is 2.72. The number of carbonyl (C=O) groups is 1. The number of aromatic nitrogens is 1. The van der Waals surface area contributed by atoms with Crippen LogP contribution in [0.15, 0.2) is 18.2 Å². The number of nitrogen functional groups attached to an aromatic ring is 1. The lowest BCUT2D eigenvalue weighted by atomic mass is 10.2. The normalized spacial score (nSPS) is 10.4. The molecule has 0 radical (unpaired) electrons. The van der Waals surface area contributed by atoms with Crippen molar-refractivity contribution in [3.05, 3.63) is 23.9 Å². The van der Waals surface area contributed by atoms with Crippen molar-refractivity contribution in [3.63, 3.8) is 0 Å². The van der Waals surface area contributed by atoms with Gasteiger partial charge in [-0.15, -0.1) is 0 Å². The van der Waals surface area contributed by atoms with Gasteiger partial charge in [0.25, 0.3) is 5.91 Å². The SMILES string of the molecule is CC(C)COCCNC(=O)c1cccc(NN)n1. The molecule has 1 amide bonds. The van der Waals surface area contributed by atoms with E-state index in [1.54, 1.807) is 18.2 Å². The molecule has 0 fully saturated rings. The van der Waals surface area contributed by atoms with Gasteiger partial charge in [0.2, 0.25) is 0 Å². The number of hydrogen-bond acceptors (Lipinski definition) is 5. The van der Waals surface area contributed by atoms with Crippen LogP contribution in [0.2, 0.25) is 0 Å². The molecule has 0 spiro atoms. The second-order valence-electron chi connectivity index (χ2n) is 4.28. The molecule has 18 heavy (non-hydrogen) atoms. The summed E-state index contributed by atoms with van der Waals surface area (Å²) in [6.07, 6.45) is 0. The van der Waals surface area contributed by atoms with E-state index in [2.05, 4.69) is 29.6 Å². The number of nitrogens with one attached hydrogen (secondary N) is 2. The largest absolute Gasteiger partial charge is 0.379 e. The van der Waals surface area contributed by atoms with Crippen LogP contribution in [-0.4, -0.2) is 30.6 Å². The van der Waals surface area contributed by atoms with Crippen LogP contribution in [0.4, 0.5) is 5.82 Å². The van der Waals surface area contributed by atoms with Crippen LogP contribution in [-0.2, 0) is 4.74 Å². The fourth-order valence-electron chi connectivity index (χ4n) is 1.29. The van der Waals surface area contributed by atoms with Gasteiger partial charge in [0, 0.05) is 13.2 Å². The number of amides is 1. The molecule has 0 aromatic carbocycles. The van der Waals surface area contributed by atoms with Crippen LogP contribution < -0.4 is 16.6 Å². The molecule has 1 rings (SSSR count). The van der Waals surface area contributed by atoms with Gasteiger partial charge in [-0.25, -0.2) is 10.8 Å². The molecule has 6 nitrogen and oxygen atoms in total. The van der Waals surface area contributed by atoms with E-state index in [9.17, 15) is 4.79 Å². The maximum atomic E-state index is 11.7. The van der Waals surface area contributed by atoms with E-state index < -0.39 is 0 Å². The summed E-state index contributed by atoms with van der Waals surface area (Å²) in [5.74, 6) is 5.94. The van der Waals surface area contributed by atoms with Gasteiger partial charge in [-0.1, -0.05) is 19.9 Å². The fraction of sp³-hybridized carbons (Fsp3) is 0.500. The first kappa shape index (κ1) is 14.4. The monoisotopic (exact) mass is 252 g/mol. The highest BCUT2D eigenvalue weighted by molar-refractivity contribution is 5.92. The third kappa shape index (κ3) is 5.11. The first-order valence-electron chi connectivity index (χ1n) is 5.93. The highest BCUT2D eigenvalue weighted by atomic mass is 16.5. The molecular formula is C12H20N4O2. The number of pyridine rings is 1. The second-order valence-corrected chi connectivity index (χ2v) is 4.28. The van der Waals surface area contributed by atoms with Crippen molar-refractivity contribution in [2.45, 2.75) is 13.8 Å². The van der Waals surface area contributed by atoms with E-state index in [4.69, 9.17) is 10.6 Å². The average Bonchev–Trinajstić information content (AvgIpc) is 2.37. The third-order valence-corrected chi connectivity index (χ3v) is 2.11. The lowest BCUT2D eigenvalue weighted by Crippen LogP contribution is -2.28. The molecule has 100 valence electrons. The average molecular weight is 252 g/mol. The zero-order chi connectivity index (χ0) is 13.4. The Balaban J connectivity index is 2.31. The molecule has 1 aromatic heterocycles. The number of hydrogen-bond donors (Lipinski definition) is 3. The third-order valence-electron chi connectivity index (χ3n) is 2.11. The number of carbonyl (C=O) groups excluding carboxylic acids is 1. The standard InChI is InChI=1S/C12H20N4O2/c1-9(2)8-18-7-6-14-12(17)10-4-3-5-11(15-10)16-13/h3-5,9H,6-8,13H2,1-2H3,(H,14,17)(H,15,16). The van der Waals surface area contributed by atoms with Crippen LogP contribution >= 0.6 is 0 Å². The first-order valence-corrected chi connectivity index (χ1v) is 5.93. The maximum Gasteiger partial charge on any atom is 0.270 e. The van der Waals surface area contributed by atoms with Crippen molar-refractivity contribution in [2.24, 2.45) is 11.8 Å². The fourth-order valence-corrected chi connectivity index (χ4v) is 1.29. The van der Waals surface area contributed by atoms with Gasteiger partial charge in [0.1, 0.15) is 11.5 Å². The molecule has 0 aliphatic carbocycles. The lowest BCUT2D eigenvalue weighted by molar-refractivity contribution is 0.0882. The molecule has 0 atom stereocenters. The smallest absolute Gasteiger partial charge is 0.270 e. The van der Waals surface area contributed by atoms with E-state index in [1.807, 2.05) is 0 Å². The molecule has 4 N–H and O–H groups in total. The van der Waals surface area contributed by atoms with Gasteiger partial charge in [0.05, 0.1) is 6.61 Å². The number of nitrogens with zero attached hydrogens (tertiary/aromatic N) is 1. The van der Waals surface area contributed by atoms with Crippen molar-refractivity contribution in [1.29, 1.82) is 0 Å². The summed E-state index contributed by atoms with van der Waals surface area (Å²) in [6.45, 7) is 5.81. The van der Waals surface area contributed by atoms with Crippen molar-refractivity contribution in [2.75, 3.05) is 25.2 Å². The molecule has 0 aliphatic rings. The Morgan fingerprint density at radius 2 is 2.28 bits per heavy atom. The lowest BCUT2D eigenvalue weighted by Gasteiger charge is -2.08. The molecule has 6 heteroatoms. The van der Waals surface area contributed by atoms with E-state index >= 15 is 0 Å². The number of rotatable bonds is 7. The van der Waals surface area contributed by atoms with E-state index in [0.29, 0.717) is 37.2 Å². The Bertz CT molecular complexity index is 382. The summed E-state index contributed by atoms with van der Waals surface area (Å²) in [7, 11) is 0. The second kappa shape index (κ2) is 7.62. The highest BCUT2D eigenvalue weighted by Crippen LogP contribution is 2.02. The van der Waals surface area contributed by atoms with Gasteiger partial charge in [-0.05, 0) is 18.1 Å². The van der Waals surface area contributed by atoms with Gasteiger partial charge in [0.15, 0.2) is 0 Å². The molecule has 0 unspecified atom stereocenters. The number of nitrogens with two attached hydrogens (primary N) is 1. The van der Waals surface area contributed by atoms with Crippen LogP contribution in [0, 0.1) is 5.92 Å². The predicted octanol–water partition coefficient (Wildman–Crippen LogP) is 0.770. The Hall–Kier alpha value is -1.66. The molecule has 1 aromatic rings. The summed E-state index contributed by atoms with van der Waals surface area (Å²) in [5, 5.41) is 2.73. The Kier molecular flexibility index (Phi) is 6.10. The Labute approximate surface area is 107 Å². The quantitative estimate of drug-likeness (QED) is 0.379. The van der Waals surface area contributed by atoms with Crippen LogP contribution in [0.25, 0.3) is 0 Å². The van der Waals surface area contributed by atoms with Gasteiger partial charge in [-0.2, -0.15) is 0 Å². The van der Waals surface area contributed by atoms with Crippen LogP contribution in [0.1, 0.15) is 24.3 Å². The maximum absolute atomic E-state index is 11.7. The van der Waals surface area contributed by atoms with Gasteiger partial charge in [-0.3, -0.25) is 4.79 Å². The molecular weight excluding hydrogens is 232 g/mol. The molecule has 0 aliphatic heterocycles. The summed E-state index contributed by atoms with van der Waals surface area (Å²) >= 11 is 0. The molecule has 0 saturated carbocycles. The highest BCUT2D eigenvalue weighted by Gasteiger charge is 2.06. The Morgan fingerprint density at radius 1 is 1.50 bits per heavy atom. The van der Waals surface area contributed by atoms with Crippen molar-refractivity contribution in [3.8, 4) is 0 Å². The van der Waals surface area contributed by atoms with Crippen LogP contribution in [0.5, 0.6) is 0 Å². The Morgan fingerprint density at radius 3 is 2.94 bits per heavy atom. The van der Waals surface area contributed by atoms with E-state index in [0.717, 1.165) is 0 Å². The molecule has 1 heterocycles. The van der Waals surface area contributed by atoms with Gasteiger partial charge < -0.3 is 15.5 Å². The molecule has 0 bridgehead atoms. The number of hydrazine groups is 1. The molecule has 0 saturated heterocycles. The minimum absolute atomic E-state index is 0.236. The van der Waals surface area contributed by atoms with E-state index in [1.165, 1.54) is 0 Å². The zero-order valence-corrected chi connectivity index (χ0v) is 10.8. The zero-order valence-electron chi connectivity index (χ0n) is 10.8. The van der Waals surface area contributed by atoms with E-state index in [-0.39, 0.29) is 5.91 Å². The number of ether oxygens (including phenoxy) is 1. The topological polar surface area (TPSA) is 89.3 Å². The minimum Gasteiger partial charge on any atom is -0.379 e. The van der Waals surface area contributed by atoms with Crippen molar-refractivity contribution in [1.82, 2.24) is 10.3 Å². The minimum atomic E-state index is -0.236. The van der Waals surface area contributed by atoms with Crippen LogP contribution in [0.3, 0.4) is 0 Å².